The highest BCUT2D eigenvalue weighted by molar-refractivity contribution is 7.20. The lowest BCUT2D eigenvalue weighted by atomic mass is 10.1. The van der Waals surface area contributed by atoms with Crippen molar-refractivity contribution in [1.29, 1.82) is 0 Å². The molecule has 184 valence electrons. The average molecular weight is 501 g/mol. The zero-order chi connectivity index (χ0) is 26.4. The number of rotatable bonds is 6. The molecule has 0 fully saturated rings. The Hall–Kier alpha value is -2.94. The summed E-state index contributed by atoms with van der Waals surface area (Å²) in [6.45, 7) is 25.7. The average Bonchev–Trinajstić information content (AvgIpc) is 3.51. The van der Waals surface area contributed by atoms with Crippen molar-refractivity contribution in [3.05, 3.63) is 108 Å². The second kappa shape index (κ2) is 15.9. The largest absolute Gasteiger partial charge is 0.135 e. The lowest BCUT2D eigenvalue weighted by Crippen LogP contribution is -1.73. The third-order valence-corrected chi connectivity index (χ3v) is 7.18. The van der Waals surface area contributed by atoms with Crippen LogP contribution >= 0.6 is 22.7 Å². The summed E-state index contributed by atoms with van der Waals surface area (Å²) in [6.07, 6.45) is 13.8. The maximum Gasteiger partial charge on any atom is 0.0355 e. The van der Waals surface area contributed by atoms with E-state index in [9.17, 15) is 0 Å². The number of hydrogen-bond donors (Lipinski definition) is 0. The molecule has 2 heteroatoms. The van der Waals surface area contributed by atoms with Crippen molar-refractivity contribution >= 4 is 64.8 Å². The standard InChI is InChI=1S/C27H22S2.3C2H6/c1-5-9-11-19(8-4)25-17-23-13-21-14-26-22(12-20(21)15-27(23)29-25)16-24(28-26)18(7-3)10-6-2;3*1-2/h5-17H,2-4H2,1H3;3*1-2H3/b9-5-,18-10+,19-11+;;;. The molecule has 0 saturated heterocycles. The molecule has 0 spiro atoms. The van der Waals surface area contributed by atoms with Gasteiger partial charge in [-0.1, -0.05) is 104 Å². The van der Waals surface area contributed by atoms with E-state index in [0.29, 0.717) is 0 Å². The number of hydrogen-bond acceptors (Lipinski definition) is 2. The van der Waals surface area contributed by atoms with Crippen LogP contribution in [-0.4, -0.2) is 0 Å². The highest BCUT2D eigenvalue weighted by atomic mass is 32.1. The van der Waals surface area contributed by atoms with Crippen LogP contribution in [-0.2, 0) is 0 Å². The van der Waals surface area contributed by atoms with Gasteiger partial charge >= 0.3 is 0 Å². The number of benzene rings is 2. The Labute approximate surface area is 221 Å². The molecule has 0 atom stereocenters. The zero-order valence-electron chi connectivity index (χ0n) is 22.4. The number of fused-ring (bicyclic) bond motifs is 3. The van der Waals surface area contributed by atoms with E-state index in [-0.39, 0.29) is 0 Å². The first-order valence-electron chi connectivity index (χ1n) is 12.5. The third-order valence-electron chi connectivity index (χ3n) is 4.89. The molecule has 2 aromatic heterocycles. The second-order valence-electron chi connectivity index (χ2n) is 6.76. The van der Waals surface area contributed by atoms with Gasteiger partial charge in [-0.3, -0.25) is 0 Å². The molecule has 0 saturated carbocycles. The van der Waals surface area contributed by atoms with Gasteiger partial charge in [-0.05, 0) is 76.0 Å². The zero-order valence-corrected chi connectivity index (χ0v) is 24.1. The fraction of sp³-hybridized carbons (Fsp3) is 0.212. The molecule has 0 aliphatic heterocycles. The van der Waals surface area contributed by atoms with Crippen molar-refractivity contribution in [2.45, 2.75) is 48.5 Å². The van der Waals surface area contributed by atoms with Crippen LogP contribution in [0.2, 0.25) is 0 Å². The van der Waals surface area contributed by atoms with Gasteiger partial charge in [-0.15, -0.1) is 22.7 Å². The predicted molar refractivity (Wildman–Crippen MR) is 170 cm³/mol. The van der Waals surface area contributed by atoms with E-state index in [1.54, 1.807) is 11.3 Å². The molecule has 2 aromatic carbocycles. The summed E-state index contributed by atoms with van der Waals surface area (Å²) in [5, 5.41) is 5.09. The Morgan fingerprint density at radius 3 is 1.40 bits per heavy atom. The molecular formula is C33H40S2. The minimum Gasteiger partial charge on any atom is -0.135 e. The number of thiophene rings is 2. The molecule has 0 bridgehead atoms. The molecule has 0 unspecified atom stereocenters. The summed E-state index contributed by atoms with van der Waals surface area (Å²) < 4.78 is 2.59. The van der Waals surface area contributed by atoms with E-state index < -0.39 is 0 Å². The van der Waals surface area contributed by atoms with Crippen LogP contribution < -0.4 is 0 Å². The molecule has 0 nitrogen and oxygen atoms in total. The van der Waals surface area contributed by atoms with Gasteiger partial charge in [-0.25, -0.2) is 0 Å². The van der Waals surface area contributed by atoms with Gasteiger partial charge in [0.25, 0.3) is 0 Å². The highest BCUT2D eigenvalue weighted by Crippen LogP contribution is 2.38. The lowest BCUT2D eigenvalue weighted by Gasteiger charge is -1.99. The fourth-order valence-corrected chi connectivity index (χ4v) is 5.66. The van der Waals surface area contributed by atoms with Crippen LogP contribution in [0.5, 0.6) is 0 Å². The summed E-state index contributed by atoms with van der Waals surface area (Å²) in [6, 6.07) is 13.7. The molecular weight excluding hydrogens is 460 g/mol. The first kappa shape index (κ1) is 30.1. The Balaban J connectivity index is 0.000000949. The van der Waals surface area contributed by atoms with E-state index in [2.05, 4.69) is 68.3 Å². The van der Waals surface area contributed by atoms with Crippen LogP contribution in [0, 0.1) is 0 Å². The topological polar surface area (TPSA) is 0 Å². The van der Waals surface area contributed by atoms with Gasteiger partial charge in [0.15, 0.2) is 0 Å². The van der Waals surface area contributed by atoms with Crippen LogP contribution in [0.1, 0.15) is 58.2 Å². The van der Waals surface area contributed by atoms with Gasteiger partial charge < -0.3 is 0 Å². The Morgan fingerprint density at radius 1 is 0.600 bits per heavy atom. The van der Waals surface area contributed by atoms with E-state index >= 15 is 0 Å². The van der Waals surface area contributed by atoms with Crippen LogP contribution in [0.25, 0.3) is 42.1 Å². The molecule has 0 N–H and O–H groups in total. The van der Waals surface area contributed by atoms with Crippen LogP contribution in [0.4, 0.5) is 0 Å². The van der Waals surface area contributed by atoms with E-state index in [1.165, 1.54) is 40.7 Å². The number of allylic oxidation sites excluding steroid dienone is 9. The highest BCUT2D eigenvalue weighted by Gasteiger charge is 2.09. The van der Waals surface area contributed by atoms with Crippen molar-refractivity contribution in [2.24, 2.45) is 0 Å². The molecule has 35 heavy (non-hydrogen) atoms. The molecule has 4 aromatic rings. The first-order valence-corrected chi connectivity index (χ1v) is 14.1. The molecule has 0 aliphatic rings. The monoisotopic (exact) mass is 500 g/mol. The maximum absolute atomic E-state index is 3.98. The van der Waals surface area contributed by atoms with E-state index in [1.807, 2.05) is 90.2 Å². The Morgan fingerprint density at radius 2 is 1.03 bits per heavy atom. The molecule has 2 heterocycles. The van der Waals surface area contributed by atoms with Crippen molar-refractivity contribution in [3.63, 3.8) is 0 Å². The van der Waals surface area contributed by atoms with E-state index in [4.69, 9.17) is 0 Å². The summed E-state index contributed by atoms with van der Waals surface area (Å²) in [4.78, 5) is 2.47. The summed E-state index contributed by atoms with van der Waals surface area (Å²) in [7, 11) is 0. The molecule has 4 rings (SSSR count). The van der Waals surface area contributed by atoms with Crippen molar-refractivity contribution < 1.29 is 0 Å². The van der Waals surface area contributed by atoms with E-state index in [0.717, 1.165) is 11.1 Å². The predicted octanol–water partition coefficient (Wildman–Crippen LogP) is 12.2. The smallest absolute Gasteiger partial charge is 0.0355 e. The quantitative estimate of drug-likeness (QED) is 0.231. The van der Waals surface area contributed by atoms with Gasteiger partial charge in [-0.2, -0.15) is 0 Å². The normalized spacial score (nSPS) is 11.3. The lowest BCUT2D eigenvalue weighted by molar-refractivity contribution is 1.50. The van der Waals surface area contributed by atoms with Crippen LogP contribution in [0.15, 0.2) is 98.7 Å². The minimum atomic E-state index is 1.11. The Bertz CT molecular complexity index is 1280. The SMILES string of the molecule is C=C/C=C(\C=C)c1cc2cc3cc4sc(/C(C=C)=C/C=C\C)cc4cc3cc2s1.CC.CC.CC. The fourth-order valence-electron chi connectivity index (χ4n) is 3.44. The second-order valence-corrected chi connectivity index (χ2v) is 8.93. The molecule has 0 aliphatic carbocycles. The van der Waals surface area contributed by atoms with Gasteiger partial charge in [0.1, 0.15) is 0 Å². The summed E-state index contributed by atoms with van der Waals surface area (Å²) in [5.74, 6) is 0. The summed E-state index contributed by atoms with van der Waals surface area (Å²) in [5.41, 5.74) is 2.27. The first-order chi connectivity index (χ1) is 17.2. The van der Waals surface area contributed by atoms with Crippen molar-refractivity contribution in [1.82, 2.24) is 0 Å². The third kappa shape index (κ3) is 7.27. The van der Waals surface area contributed by atoms with Crippen molar-refractivity contribution in [2.75, 3.05) is 0 Å². The summed E-state index contributed by atoms with van der Waals surface area (Å²) >= 11 is 3.61. The van der Waals surface area contributed by atoms with Crippen LogP contribution in [0.3, 0.4) is 0 Å². The van der Waals surface area contributed by atoms with Gasteiger partial charge in [0.2, 0.25) is 0 Å². The van der Waals surface area contributed by atoms with Gasteiger partial charge in [0, 0.05) is 19.2 Å². The maximum atomic E-state index is 3.98. The minimum absolute atomic E-state index is 1.11. The molecule has 0 amide bonds. The van der Waals surface area contributed by atoms with Gasteiger partial charge in [0.05, 0.1) is 0 Å². The van der Waals surface area contributed by atoms with Crippen molar-refractivity contribution in [3.8, 4) is 0 Å². The molecule has 0 radical (unpaired) electrons. The Kier molecular flexibility index (Phi) is 13.6.